The minimum atomic E-state index is -0.967. The standard InChI is InChI=1S/C25H22ClFN4O3/c26-16-2-3-21(27)18(10-16)15-1-4-22-19(9-15)25(14-33-13-23(28)30-25)20-11-17(12-29-24(20)34-22)31-5-7-32-8-6-31/h1-4,9-12H,5-8,13-14H2,(H2,28,30)/t25-/m0/s1. The van der Waals surface area contributed by atoms with Gasteiger partial charge in [0, 0.05) is 29.2 Å². The Hall–Kier alpha value is -3.20. The smallest absolute Gasteiger partial charge is 0.225 e. The zero-order valence-corrected chi connectivity index (χ0v) is 19.0. The van der Waals surface area contributed by atoms with Crippen molar-refractivity contribution in [3.63, 3.8) is 0 Å². The summed E-state index contributed by atoms with van der Waals surface area (Å²) in [6, 6.07) is 12.0. The number of nitrogens with two attached hydrogens (primary N) is 1. The number of benzene rings is 2. The first-order valence-electron chi connectivity index (χ1n) is 11.1. The molecular formula is C25H22ClFN4O3. The van der Waals surface area contributed by atoms with Crippen LogP contribution in [0.3, 0.4) is 0 Å². The van der Waals surface area contributed by atoms with E-state index in [2.05, 4.69) is 9.88 Å². The van der Waals surface area contributed by atoms with Gasteiger partial charge in [0.1, 0.15) is 29.5 Å². The van der Waals surface area contributed by atoms with Crippen LogP contribution in [0.5, 0.6) is 11.6 Å². The monoisotopic (exact) mass is 480 g/mol. The lowest BCUT2D eigenvalue weighted by molar-refractivity contribution is 0.109. The van der Waals surface area contributed by atoms with Gasteiger partial charge in [-0.2, -0.15) is 0 Å². The minimum Gasteiger partial charge on any atom is -0.438 e. The van der Waals surface area contributed by atoms with Crippen LogP contribution in [0.1, 0.15) is 11.1 Å². The third kappa shape index (κ3) is 3.50. The molecule has 0 bridgehead atoms. The number of nitrogens with zero attached hydrogens (tertiary/aromatic N) is 3. The molecule has 0 radical (unpaired) electrons. The number of pyridine rings is 1. The number of hydrogen-bond donors (Lipinski definition) is 1. The van der Waals surface area contributed by atoms with Crippen LogP contribution in [0.15, 0.2) is 53.7 Å². The van der Waals surface area contributed by atoms with Crippen LogP contribution in [0.4, 0.5) is 10.1 Å². The molecule has 1 spiro atoms. The second-order valence-electron chi connectivity index (χ2n) is 8.54. The van der Waals surface area contributed by atoms with Crippen LogP contribution in [-0.4, -0.2) is 50.3 Å². The molecule has 1 saturated heterocycles. The van der Waals surface area contributed by atoms with E-state index in [1.165, 1.54) is 12.1 Å². The molecule has 7 nitrogen and oxygen atoms in total. The van der Waals surface area contributed by atoms with Gasteiger partial charge in [0.2, 0.25) is 5.88 Å². The van der Waals surface area contributed by atoms with Crippen LogP contribution in [-0.2, 0) is 15.0 Å². The van der Waals surface area contributed by atoms with Crippen molar-refractivity contribution in [1.82, 2.24) is 4.98 Å². The maximum absolute atomic E-state index is 14.7. The lowest BCUT2D eigenvalue weighted by Crippen LogP contribution is -2.43. The van der Waals surface area contributed by atoms with Gasteiger partial charge in [0.25, 0.3) is 0 Å². The third-order valence-electron chi connectivity index (χ3n) is 6.43. The fourth-order valence-corrected chi connectivity index (χ4v) is 4.95. The zero-order valence-electron chi connectivity index (χ0n) is 18.3. The molecule has 0 unspecified atom stereocenters. The van der Waals surface area contributed by atoms with Crippen molar-refractivity contribution in [1.29, 1.82) is 0 Å². The van der Waals surface area contributed by atoms with E-state index in [0.29, 0.717) is 46.8 Å². The molecule has 34 heavy (non-hydrogen) atoms. The predicted octanol–water partition coefficient (Wildman–Crippen LogP) is 4.11. The Kier molecular flexibility index (Phi) is 5.17. The maximum Gasteiger partial charge on any atom is 0.225 e. The van der Waals surface area contributed by atoms with E-state index in [-0.39, 0.29) is 19.0 Å². The van der Waals surface area contributed by atoms with Crippen molar-refractivity contribution < 1.29 is 18.6 Å². The Morgan fingerprint density at radius 2 is 1.88 bits per heavy atom. The van der Waals surface area contributed by atoms with E-state index < -0.39 is 5.54 Å². The van der Waals surface area contributed by atoms with E-state index in [0.717, 1.165) is 29.9 Å². The number of aromatic nitrogens is 1. The highest BCUT2D eigenvalue weighted by molar-refractivity contribution is 6.30. The third-order valence-corrected chi connectivity index (χ3v) is 6.66. The summed E-state index contributed by atoms with van der Waals surface area (Å²) >= 11 is 6.16. The van der Waals surface area contributed by atoms with E-state index >= 15 is 0 Å². The first kappa shape index (κ1) is 21.3. The van der Waals surface area contributed by atoms with Crippen LogP contribution in [0.2, 0.25) is 5.02 Å². The van der Waals surface area contributed by atoms with Gasteiger partial charge in [0.05, 0.1) is 37.3 Å². The summed E-state index contributed by atoms with van der Waals surface area (Å²) in [7, 11) is 0. The average molecular weight is 481 g/mol. The number of amidine groups is 1. The van der Waals surface area contributed by atoms with Gasteiger partial charge in [-0.05, 0) is 42.0 Å². The molecule has 4 heterocycles. The van der Waals surface area contributed by atoms with Crippen LogP contribution >= 0.6 is 11.6 Å². The Morgan fingerprint density at radius 1 is 1.03 bits per heavy atom. The topological polar surface area (TPSA) is 82.2 Å². The highest BCUT2D eigenvalue weighted by Gasteiger charge is 2.46. The number of morpholine rings is 1. The van der Waals surface area contributed by atoms with E-state index in [1.807, 2.05) is 12.1 Å². The van der Waals surface area contributed by atoms with Crippen molar-refractivity contribution in [2.75, 3.05) is 44.4 Å². The van der Waals surface area contributed by atoms with E-state index in [4.69, 9.17) is 36.5 Å². The molecule has 1 fully saturated rings. The fraction of sp³-hybridized carbons (Fsp3) is 0.280. The first-order chi connectivity index (χ1) is 16.5. The Morgan fingerprint density at radius 3 is 2.71 bits per heavy atom. The van der Waals surface area contributed by atoms with Gasteiger partial charge in [-0.15, -0.1) is 0 Å². The van der Waals surface area contributed by atoms with Crippen molar-refractivity contribution in [3.8, 4) is 22.8 Å². The molecular weight excluding hydrogens is 459 g/mol. The molecule has 1 atom stereocenters. The van der Waals surface area contributed by atoms with Gasteiger partial charge < -0.3 is 24.8 Å². The molecule has 3 aliphatic heterocycles. The largest absolute Gasteiger partial charge is 0.438 e. The Labute approximate surface area is 200 Å². The summed E-state index contributed by atoms with van der Waals surface area (Å²) in [6.45, 7) is 3.35. The Bertz CT molecular complexity index is 1310. The summed E-state index contributed by atoms with van der Waals surface area (Å²) in [5, 5.41) is 0.452. The molecule has 6 rings (SSSR count). The lowest BCUT2D eigenvalue weighted by Gasteiger charge is -2.39. The molecule has 0 saturated carbocycles. The second kappa shape index (κ2) is 8.23. The molecule has 9 heteroatoms. The number of ether oxygens (including phenoxy) is 3. The highest BCUT2D eigenvalue weighted by Crippen LogP contribution is 2.51. The average Bonchev–Trinajstić information content (AvgIpc) is 2.86. The molecule has 174 valence electrons. The number of rotatable bonds is 2. The second-order valence-corrected chi connectivity index (χ2v) is 8.98. The minimum absolute atomic E-state index is 0.243. The van der Waals surface area contributed by atoms with E-state index in [1.54, 1.807) is 24.4 Å². The SMILES string of the molecule is NC1=N[C@@]2(COC1)c1cc(-c3cc(Cl)ccc3F)ccc1Oc1ncc(N3CCOCC3)cc12. The number of anilines is 1. The predicted molar refractivity (Wildman–Crippen MR) is 127 cm³/mol. The quantitative estimate of drug-likeness (QED) is 0.594. The zero-order chi connectivity index (χ0) is 23.3. The van der Waals surface area contributed by atoms with Crippen molar-refractivity contribution in [2.45, 2.75) is 5.54 Å². The highest BCUT2D eigenvalue weighted by atomic mass is 35.5. The molecule has 2 aromatic carbocycles. The number of hydrogen-bond acceptors (Lipinski definition) is 7. The summed E-state index contributed by atoms with van der Waals surface area (Å²) in [4.78, 5) is 11.7. The molecule has 2 N–H and O–H groups in total. The first-order valence-corrected chi connectivity index (χ1v) is 11.4. The molecule has 3 aromatic rings. The summed E-state index contributed by atoms with van der Waals surface area (Å²) in [5.41, 5.74) is 8.71. The van der Waals surface area contributed by atoms with E-state index in [9.17, 15) is 4.39 Å². The lowest BCUT2D eigenvalue weighted by atomic mass is 9.80. The van der Waals surface area contributed by atoms with Crippen molar-refractivity contribution >= 4 is 23.1 Å². The van der Waals surface area contributed by atoms with Crippen molar-refractivity contribution in [3.05, 3.63) is 70.6 Å². The van der Waals surface area contributed by atoms with Crippen LogP contribution < -0.4 is 15.4 Å². The fourth-order valence-electron chi connectivity index (χ4n) is 4.78. The number of aliphatic imine (C=N–C) groups is 1. The molecule has 3 aliphatic rings. The number of fused-ring (bicyclic) bond motifs is 4. The summed E-state index contributed by atoms with van der Waals surface area (Å²) < 4.78 is 32.3. The van der Waals surface area contributed by atoms with Crippen LogP contribution in [0, 0.1) is 5.82 Å². The van der Waals surface area contributed by atoms with Gasteiger partial charge in [-0.25, -0.2) is 9.37 Å². The van der Waals surface area contributed by atoms with Crippen molar-refractivity contribution in [2.24, 2.45) is 10.7 Å². The Balaban J connectivity index is 1.53. The number of halogens is 2. The normalized spacial score (nSPS) is 21.5. The van der Waals surface area contributed by atoms with Gasteiger partial charge in [0.15, 0.2) is 0 Å². The molecule has 0 aliphatic carbocycles. The van der Waals surface area contributed by atoms with Gasteiger partial charge in [-0.1, -0.05) is 17.7 Å². The maximum atomic E-state index is 14.7. The summed E-state index contributed by atoms with van der Waals surface area (Å²) in [5.74, 6) is 1.04. The summed E-state index contributed by atoms with van der Waals surface area (Å²) in [6.07, 6.45) is 1.80. The van der Waals surface area contributed by atoms with Gasteiger partial charge in [-0.3, -0.25) is 4.99 Å². The molecule has 1 aromatic heterocycles. The van der Waals surface area contributed by atoms with Crippen LogP contribution in [0.25, 0.3) is 11.1 Å². The van der Waals surface area contributed by atoms with Gasteiger partial charge >= 0.3 is 0 Å². The molecule has 0 amide bonds.